The van der Waals surface area contributed by atoms with Crippen molar-refractivity contribution in [3.63, 3.8) is 0 Å². The number of hydrogen-bond acceptors (Lipinski definition) is 4. The minimum atomic E-state index is 0.650. The number of nitrogens with one attached hydrogen (secondary N) is 1. The minimum absolute atomic E-state index is 0.650. The molecule has 0 bridgehead atoms. The maximum Gasteiger partial charge on any atom is 0.146 e. The third-order valence-electron chi connectivity index (χ3n) is 5.34. The topological polar surface area (TPSA) is 52.0 Å². The highest BCUT2D eigenvalue weighted by Gasteiger charge is 2.26. The van der Waals surface area contributed by atoms with Crippen LogP contribution >= 0.6 is 0 Å². The van der Waals surface area contributed by atoms with Gasteiger partial charge in [-0.25, -0.2) is 4.98 Å². The summed E-state index contributed by atoms with van der Waals surface area (Å²) in [6.07, 6.45) is 8.50. The lowest BCUT2D eigenvalue weighted by Gasteiger charge is -2.34. The first-order valence-corrected chi connectivity index (χ1v) is 8.74. The summed E-state index contributed by atoms with van der Waals surface area (Å²) in [7, 11) is 0. The predicted molar refractivity (Wildman–Crippen MR) is 86.9 cm³/mol. The Labute approximate surface area is 132 Å². The van der Waals surface area contributed by atoms with Gasteiger partial charge in [-0.1, -0.05) is 0 Å². The Hall–Kier alpha value is -1.60. The van der Waals surface area contributed by atoms with Crippen LogP contribution in [0, 0.1) is 17.2 Å². The van der Waals surface area contributed by atoms with Gasteiger partial charge in [0.25, 0.3) is 0 Å². The Balaban J connectivity index is 1.43. The van der Waals surface area contributed by atoms with Gasteiger partial charge in [-0.05, 0) is 69.0 Å². The van der Waals surface area contributed by atoms with Gasteiger partial charge in [-0.2, -0.15) is 5.26 Å². The quantitative estimate of drug-likeness (QED) is 0.927. The van der Waals surface area contributed by atoms with Crippen LogP contribution < -0.4 is 10.2 Å². The van der Waals surface area contributed by atoms with E-state index in [1.54, 1.807) is 0 Å². The molecule has 4 nitrogen and oxygen atoms in total. The fourth-order valence-corrected chi connectivity index (χ4v) is 3.74. The van der Waals surface area contributed by atoms with E-state index in [1.807, 2.05) is 0 Å². The molecule has 0 amide bonds. The van der Waals surface area contributed by atoms with Crippen LogP contribution in [0.25, 0.3) is 0 Å². The lowest BCUT2D eigenvalue weighted by Crippen LogP contribution is -2.43. The number of anilines is 1. The third-order valence-corrected chi connectivity index (χ3v) is 5.34. The molecular weight excluding hydrogens is 272 g/mol. The van der Waals surface area contributed by atoms with Crippen molar-refractivity contribution in [3.05, 3.63) is 22.9 Å². The summed E-state index contributed by atoms with van der Waals surface area (Å²) >= 11 is 0. The molecule has 1 aromatic heterocycles. The zero-order valence-electron chi connectivity index (χ0n) is 13.1. The molecule has 1 saturated heterocycles. The summed E-state index contributed by atoms with van der Waals surface area (Å²) in [5.74, 6) is 1.88. The lowest BCUT2D eigenvalue weighted by molar-refractivity contribution is 0.407. The number of nitriles is 1. The van der Waals surface area contributed by atoms with Gasteiger partial charge >= 0.3 is 0 Å². The maximum absolute atomic E-state index is 9.46. The van der Waals surface area contributed by atoms with Crippen LogP contribution in [0.15, 0.2) is 6.07 Å². The normalized spacial score (nSPS) is 21.7. The highest BCUT2D eigenvalue weighted by atomic mass is 15.2. The van der Waals surface area contributed by atoms with Crippen LogP contribution in [0.2, 0.25) is 0 Å². The molecule has 3 aliphatic rings. The second-order valence-electron chi connectivity index (χ2n) is 7.04. The zero-order chi connectivity index (χ0) is 14.9. The SMILES string of the molecule is N#Cc1cc2c(nc1N1CCC(NCC3CC3)CC1)CCC2. The summed E-state index contributed by atoms with van der Waals surface area (Å²) in [4.78, 5) is 7.17. The largest absolute Gasteiger partial charge is 0.355 e. The fourth-order valence-electron chi connectivity index (χ4n) is 3.74. The molecule has 22 heavy (non-hydrogen) atoms. The van der Waals surface area contributed by atoms with Gasteiger partial charge in [0.1, 0.15) is 11.9 Å². The molecular formula is C18H24N4. The van der Waals surface area contributed by atoms with Gasteiger partial charge < -0.3 is 10.2 Å². The summed E-state index contributed by atoms with van der Waals surface area (Å²) in [6.45, 7) is 3.23. The Morgan fingerprint density at radius 3 is 2.77 bits per heavy atom. The molecule has 0 aromatic carbocycles. The van der Waals surface area contributed by atoms with Crippen molar-refractivity contribution in [2.24, 2.45) is 5.92 Å². The van der Waals surface area contributed by atoms with E-state index in [1.165, 1.54) is 37.1 Å². The van der Waals surface area contributed by atoms with Crippen molar-refractivity contribution < 1.29 is 0 Å². The second kappa shape index (κ2) is 5.89. The van der Waals surface area contributed by atoms with Crippen molar-refractivity contribution in [1.82, 2.24) is 10.3 Å². The highest BCUT2D eigenvalue weighted by molar-refractivity contribution is 5.57. The number of aromatic nitrogens is 1. The van der Waals surface area contributed by atoms with Crippen molar-refractivity contribution in [1.29, 1.82) is 5.26 Å². The average Bonchev–Trinajstić information content (AvgIpc) is 3.28. The van der Waals surface area contributed by atoms with Crippen LogP contribution in [0.5, 0.6) is 0 Å². The first kappa shape index (κ1) is 14.0. The summed E-state index contributed by atoms with van der Waals surface area (Å²) in [5.41, 5.74) is 3.29. The van der Waals surface area contributed by atoms with Crippen LogP contribution in [0.1, 0.15) is 48.9 Å². The molecule has 1 aliphatic heterocycles. The first-order valence-electron chi connectivity index (χ1n) is 8.74. The smallest absolute Gasteiger partial charge is 0.146 e. The van der Waals surface area contributed by atoms with Crippen LogP contribution in [0.3, 0.4) is 0 Å². The number of rotatable bonds is 4. The second-order valence-corrected chi connectivity index (χ2v) is 7.04. The van der Waals surface area contributed by atoms with E-state index in [0.29, 0.717) is 6.04 Å². The van der Waals surface area contributed by atoms with Crippen molar-refractivity contribution in [3.8, 4) is 6.07 Å². The van der Waals surface area contributed by atoms with E-state index >= 15 is 0 Å². The van der Waals surface area contributed by atoms with E-state index in [9.17, 15) is 5.26 Å². The first-order chi connectivity index (χ1) is 10.8. The van der Waals surface area contributed by atoms with E-state index in [4.69, 9.17) is 4.98 Å². The third kappa shape index (κ3) is 2.83. The molecule has 0 atom stereocenters. The lowest BCUT2D eigenvalue weighted by atomic mass is 10.0. The summed E-state index contributed by atoms with van der Waals surface area (Å²) in [5, 5.41) is 13.2. The molecule has 1 N–H and O–H groups in total. The molecule has 0 spiro atoms. The molecule has 116 valence electrons. The number of aryl methyl sites for hydroxylation is 2. The van der Waals surface area contributed by atoms with Crippen LogP contribution in [-0.4, -0.2) is 30.7 Å². The van der Waals surface area contributed by atoms with E-state index < -0.39 is 0 Å². The number of nitrogens with zero attached hydrogens (tertiary/aromatic N) is 3. The molecule has 1 aromatic rings. The van der Waals surface area contributed by atoms with E-state index in [2.05, 4.69) is 22.4 Å². The molecule has 2 heterocycles. The average molecular weight is 296 g/mol. The maximum atomic E-state index is 9.46. The molecule has 0 radical (unpaired) electrons. The zero-order valence-corrected chi connectivity index (χ0v) is 13.1. The van der Waals surface area contributed by atoms with Gasteiger partial charge in [-0.3, -0.25) is 0 Å². The Morgan fingerprint density at radius 1 is 1.23 bits per heavy atom. The standard InChI is InChI=1S/C18H24N4/c19-11-15-10-14-2-1-3-17(14)21-18(15)22-8-6-16(7-9-22)20-12-13-4-5-13/h10,13,16,20H,1-9,12H2. The van der Waals surface area contributed by atoms with Gasteiger partial charge in [0.2, 0.25) is 0 Å². The molecule has 4 rings (SSSR count). The van der Waals surface area contributed by atoms with Gasteiger partial charge in [-0.15, -0.1) is 0 Å². The number of pyridine rings is 1. The van der Waals surface area contributed by atoms with E-state index in [-0.39, 0.29) is 0 Å². The predicted octanol–water partition coefficient (Wildman–Crippen LogP) is 2.41. The van der Waals surface area contributed by atoms with Gasteiger partial charge in [0.05, 0.1) is 5.56 Å². The van der Waals surface area contributed by atoms with Crippen molar-refractivity contribution >= 4 is 5.82 Å². The van der Waals surface area contributed by atoms with Crippen molar-refractivity contribution in [2.45, 2.75) is 51.0 Å². The molecule has 4 heteroatoms. The van der Waals surface area contributed by atoms with Crippen LogP contribution in [-0.2, 0) is 12.8 Å². The number of fused-ring (bicyclic) bond motifs is 1. The van der Waals surface area contributed by atoms with Gasteiger partial charge in [0.15, 0.2) is 0 Å². The molecule has 2 fully saturated rings. The number of hydrogen-bond donors (Lipinski definition) is 1. The number of piperidine rings is 1. The Kier molecular flexibility index (Phi) is 3.75. The van der Waals surface area contributed by atoms with Crippen molar-refractivity contribution in [2.75, 3.05) is 24.5 Å². The molecule has 2 aliphatic carbocycles. The Morgan fingerprint density at radius 2 is 2.05 bits per heavy atom. The summed E-state index contributed by atoms with van der Waals surface area (Å²) in [6, 6.07) is 5.10. The fraction of sp³-hybridized carbons (Fsp3) is 0.667. The van der Waals surface area contributed by atoms with Gasteiger partial charge in [0, 0.05) is 24.8 Å². The Bertz CT molecular complexity index is 592. The highest BCUT2D eigenvalue weighted by Crippen LogP contribution is 2.30. The van der Waals surface area contributed by atoms with Crippen LogP contribution in [0.4, 0.5) is 5.82 Å². The minimum Gasteiger partial charge on any atom is -0.355 e. The molecule has 0 unspecified atom stereocenters. The van der Waals surface area contributed by atoms with E-state index in [0.717, 1.165) is 56.1 Å². The summed E-state index contributed by atoms with van der Waals surface area (Å²) < 4.78 is 0. The monoisotopic (exact) mass is 296 g/mol. The molecule has 1 saturated carbocycles.